The second-order valence-corrected chi connectivity index (χ2v) is 11.7. The number of hydrogen-bond donors (Lipinski definition) is 0. The Balaban J connectivity index is 1.49. The van der Waals surface area contributed by atoms with E-state index in [1.807, 2.05) is 97.1 Å². The maximum absolute atomic E-state index is 14.7. The molecule has 7 rings (SSSR count). The van der Waals surface area contributed by atoms with E-state index in [1.165, 1.54) is 7.11 Å². The van der Waals surface area contributed by atoms with Crippen molar-refractivity contribution in [1.82, 2.24) is 4.90 Å². The Labute approximate surface area is 274 Å². The molecule has 1 aliphatic carbocycles. The van der Waals surface area contributed by atoms with Gasteiger partial charge in [-0.15, -0.1) is 0 Å². The van der Waals surface area contributed by atoms with Crippen LogP contribution in [-0.4, -0.2) is 43.6 Å². The summed E-state index contributed by atoms with van der Waals surface area (Å²) in [5.41, 5.74) is 7.62. The molecule has 0 aromatic heterocycles. The van der Waals surface area contributed by atoms with E-state index in [4.69, 9.17) is 14.2 Å². The van der Waals surface area contributed by atoms with Gasteiger partial charge in [-0.05, 0) is 50.6 Å². The fourth-order valence-electron chi connectivity index (χ4n) is 7.37. The average molecular weight is 622 g/mol. The van der Waals surface area contributed by atoms with E-state index in [0.29, 0.717) is 17.9 Å². The molecular formula is C41H35NO5. The Morgan fingerprint density at radius 1 is 0.702 bits per heavy atom. The minimum Gasteiger partial charge on any atom is -0.496 e. The second kappa shape index (κ2) is 12.7. The van der Waals surface area contributed by atoms with Crippen LogP contribution in [0.3, 0.4) is 0 Å². The summed E-state index contributed by atoms with van der Waals surface area (Å²) in [7, 11) is 3.00. The maximum Gasteiger partial charge on any atom is 0.328 e. The molecule has 1 heterocycles. The molecule has 234 valence electrons. The molecule has 0 spiro atoms. The number of nitrogens with zero attached hydrogens (tertiary/aromatic N) is 1. The quantitative estimate of drug-likeness (QED) is 0.160. The molecule has 0 N–H and O–H groups in total. The van der Waals surface area contributed by atoms with Crippen LogP contribution in [0, 0.1) is 0 Å². The topological polar surface area (TPSA) is 65.1 Å². The predicted octanol–water partition coefficient (Wildman–Crippen LogP) is 7.41. The summed E-state index contributed by atoms with van der Waals surface area (Å²) in [6, 6.07) is 43.5. The number of esters is 2. The smallest absolute Gasteiger partial charge is 0.328 e. The molecule has 47 heavy (non-hydrogen) atoms. The first kappa shape index (κ1) is 30.2. The molecule has 6 heteroatoms. The summed E-state index contributed by atoms with van der Waals surface area (Å²) < 4.78 is 17.2. The Bertz CT molecular complexity index is 1920. The lowest BCUT2D eigenvalue weighted by molar-refractivity contribution is -0.151. The van der Waals surface area contributed by atoms with Crippen LogP contribution in [0.1, 0.15) is 34.2 Å². The second-order valence-electron chi connectivity index (χ2n) is 11.7. The lowest BCUT2D eigenvalue weighted by Crippen LogP contribution is -2.53. The van der Waals surface area contributed by atoms with Gasteiger partial charge in [-0.2, -0.15) is 0 Å². The monoisotopic (exact) mass is 621 g/mol. The maximum atomic E-state index is 14.7. The van der Waals surface area contributed by atoms with Gasteiger partial charge in [0.25, 0.3) is 0 Å². The van der Waals surface area contributed by atoms with Crippen molar-refractivity contribution >= 4 is 17.5 Å². The van der Waals surface area contributed by atoms with Gasteiger partial charge < -0.3 is 14.2 Å². The highest BCUT2D eigenvalue weighted by atomic mass is 16.5. The van der Waals surface area contributed by atoms with Crippen LogP contribution in [0.4, 0.5) is 0 Å². The third kappa shape index (κ3) is 5.11. The predicted molar refractivity (Wildman–Crippen MR) is 181 cm³/mol. The summed E-state index contributed by atoms with van der Waals surface area (Å²) in [6.07, 6.45) is -0.0837. The molecule has 1 aliphatic heterocycles. The SMILES string of the molecule is COC(=O)CC1=C(c2ccccc2OC)CN(C2(c3ccccc3)c3ccccc3-c3ccccc32)[C@@H]1C(=O)OCc1ccccc1. The minimum atomic E-state index is -0.919. The van der Waals surface area contributed by atoms with E-state index in [9.17, 15) is 9.59 Å². The third-order valence-electron chi connectivity index (χ3n) is 9.35. The first-order valence-corrected chi connectivity index (χ1v) is 15.7. The standard InChI is InChI=1S/C41H35NO5/c1-45-37-24-14-11-21-32(37)34-26-42(39(33(34)25-38(43)46-2)40(44)47-27-28-15-5-3-6-16-28)41(29-17-7-4-8-18-29)35-22-12-9-19-30(35)31-20-10-13-23-36(31)41/h3-24,39H,25-27H2,1-2H3/t39-/m0/s1. The van der Waals surface area contributed by atoms with Gasteiger partial charge in [0.15, 0.2) is 0 Å². The van der Waals surface area contributed by atoms with Gasteiger partial charge in [0.2, 0.25) is 0 Å². The van der Waals surface area contributed by atoms with Crippen LogP contribution in [0.2, 0.25) is 0 Å². The number of methoxy groups -OCH3 is 2. The van der Waals surface area contributed by atoms with Crippen LogP contribution in [0.15, 0.2) is 139 Å². The Hall–Kier alpha value is -5.46. The van der Waals surface area contributed by atoms with Gasteiger partial charge in [0.05, 0.1) is 26.2 Å². The minimum absolute atomic E-state index is 0.0837. The molecular weight excluding hydrogens is 586 g/mol. The van der Waals surface area contributed by atoms with Gasteiger partial charge in [-0.3, -0.25) is 9.69 Å². The van der Waals surface area contributed by atoms with E-state index in [0.717, 1.165) is 44.5 Å². The molecule has 0 amide bonds. The fourth-order valence-corrected chi connectivity index (χ4v) is 7.37. The van der Waals surface area contributed by atoms with Crippen molar-refractivity contribution in [2.75, 3.05) is 20.8 Å². The van der Waals surface area contributed by atoms with Gasteiger partial charge >= 0.3 is 11.9 Å². The van der Waals surface area contributed by atoms with Gasteiger partial charge in [0.1, 0.15) is 18.4 Å². The van der Waals surface area contributed by atoms with E-state index in [1.54, 1.807) is 7.11 Å². The van der Waals surface area contributed by atoms with Crippen LogP contribution >= 0.6 is 0 Å². The number of fused-ring (bicyclic) bond motifs is 3. The Morgan fingerprint density at radius 2 is 1.26 bits per heavy atom. The number of carbonyl (C=O) groups excluding carboxylic acids is 2. The van der Waals surface area contributed by atoms with Crippen molar-refractivity contribution in [2.45, 2.75) is 24.6 Å². The van der Waals surface area contributed by atoms with Crippen molar-refractivity contribution in [1.29, 1.82) is 0 Å². The number of benzene rings is 5. The van der Waals surface area contributed by atoms with Gasteiger partial charge in [-0.1, -0.05) is 127 Å². The summed E-state index contributed by atoms with van der Waals surface area (Å²) in [6.45, 7) is 0.445. The van der Waals surface area contributed by atoms with Gasteiger partial charge in [-0.25, -0.2) is 4.79 Å². The molecule has 5 aromatic carbocycles. The summed E-state index contributed by atoms with van der Waals surface area (Å²) in [5, 5.41) is 0. The average Bonchev–Trinajstić information content (AvgIpc) is 3.65. The molecule has 5 aromatic rings. The molecule has 0 saturated carbocycles. The molecule has 0 saturated heterocycles. The van der Waals surface area contributed by atoms with Crippen molar-refractivity contribution in [3.8, 4) is 16.9 Å². The lowest BCUT2D eigenvalue weighted by Gasteiger charge is -2.44. The summed E-state index contributed by atoms with van der Waals surface area (Å²) in [5.74, 6) is -0.213. The van der Waals surface area contributed by atoms with Crippen LogP contribution in [-0.2, 0) is 31.2 Å². The first-order valence-electron chi connectivity index (χ1n) is 15.7. The van der Waals surface area contributed by atoms with E-state index in [2.05, 4.69) is 41.3 Å². The number of hydrogen-bond acceptors (Lipinski definition) is 6. The first-order chi connectivity index (χ1) is 23.1. The largest absolute Gasteiger partial charge is 0.496 e. The molecule has 1 atom stereocenters. The van der Waals surface area contributed by atoms with Crippen molar-refractivity contribution in [2.24, 2.45) is 0 Å². The molecule has 0 bridgehead atoms. The Kier molecular flexibility index (Phi) is 8.19. The van der Waals surface area contributed by atoms with Crippen LogP contribution < -0.4 is 4.74 Å². The number of ether oxygens (including phenoxy) is 3. The normalized spacial score (nSPS) is 16.3. The highest BCUT2D eigenvalue weighted by Gasteiger charge is 2.56. The van der Waals surface area contributed by atoms with Crippen LogP contribution in [0.25, 0.3) is 16.7 Å². The van der Waals surface area contributed by atoms with E-state index >= 15 is 0 Å². The third-order valence-corrected chi connectivity index (χ3v) is 9.35. The number of carbonyl (C=O) groups is 2. The van der Waals surface area contributed by atoms with Crippen molar-refractivity contribution in [3.05, 3.63) is 167 Å². The summed E-state index contributed by atoms with van der Waals surface area (Å²) >= 11 is 0. The zero-order chi connectivity index (χ0) is 32.4. The number of rotatable bonds is 9. The molecule has 0 radical (unpaired) electrons. The molecule has 0 unspecified atom stereocenters. The highest BCUT2D eigenvalue weighted by Crippen LogP contribution is 2.57. The lowest BCUT2D eigenvalue weighted by atomic mass is 9.78. The Morgan fingerprint density at radius 3 is 1.87 bits per heavy atom. The van der Waals surface area contributed by atoms with E-state index in [-0.39, 0.29) is 13.0 Å². The fraction of sp³-hybridized carbons (Fsp3) is 0.171. The van der Waals surface area contributed by atoms with Crippen molar-refractivity contribution < 1.29 is 23.8 Å². The zero-order valence-corrected chi connectivity index (χ0v) is 26.4. The molecule has 6 nitrogen and oxygen atoms in total. The summed E-state index contributed by atoms with van der Waals surface area (Å²) in [4.78, 5) is 30.1. The van der Waals surface area contributed by atoms with Crippen LogP contribution in [0.5, 0.6) is 5.75 Å². The van der Waals surface area contributed by atoms with Gasteiger partial charge in [0, 0.05) is 12.1 Å². The molecule has 0 fully saturated rings. The highest BCUT2D eigenvalue weighted by molar-refractivity contribution is 5.94. The van der Waals surface area contributed by atoms with Crippen molar-refractivity contribution in [3.63, 3.8) is 0 Å². The van der Waals surface area contributed by atoms with E-state index < -0.39 is 23.5 Å². The number of para-hydroxylation sites is 1. The molecule has 2 aliphatic rings. The zero-order valence-electron chi connectivity index (χ0n) is 26.4.